The lowest BCUT2D eigenvalue weighted by Gasteiger charge is -1.95. The zero-order valence-corrected chi connectivity index (χ0v) is 7.95. The molecule has 5 nitrogen and oxygen atoms in total. The van der Waals surface area contributed by atoms with E-state index >= 15 is 0 Å². The number of amides is 1. The van der Waals surface area contributed by atoms with Crippen LogP contribution in [0.25, 0.3) is 0 Å². The Morgan fingerprint density at radius 1 is 1.53 bits per heavy atom. The number of hydrogen-bond acceptors (Lipinski definition) is 4. The molecular formula is C8H3FN2O3S. The SMILES string of the molecule is O=C(N=C=S)c1cc(F)cc([N+](=O)[O-])c1. The largest absolute Gasteiger partial charge is 0.286 e. The van der Waals surface area contributed by atoms with Crippen LogP contribution in [0.2, 0.25) is 0 Å². The number of nitro groups is 1. The maximum absolute atomic E-state index is 12.8. The fraction of sp³-hybridized carbons (Fsp3) is 0. The van der Waals surface area contributed by atoms with Crippen molar-refractivity contribution >= 4 is 29.0 Å². The van der Waals surface area contributed by atoms with Crippen LogP contribution in [-0.2, 0) is 0 Å². The molecule has 0 fully saturated rings. The van der Waals surface area contributed by atoms with Crippen LogP contribution in [0, 0.1) is 15.9 Å². The van der Waals surface area contributed by atoms with Crippen molar-refractivity contribution in [2.24, 2.45) is 4.99 Å². The Hall–Kier alpha value is -1.98. The highest BCUT2D eigenvalue weighted by Crippen LogP contribution is 2.16. The average molecular weight is 226 g/mol. The van der Waals surface area contributed by atoms with E-state index in [9.17, 15) is 19.3 Å². The Morgan fingerprint density at radius 2 is 2.20 bits per heavy atom. The fourth-order valence-corrected chi connectivity index (χ4v) is 0.992. The van der Waals surface area contributed by atoms with E-state index in [1.54, 1.807) is 5.16 Å². The summed E-state index contributed by atoms with van der Waals surface area (Å²) in [7, 11) is 0. The molecule has 0 N–H and O–H groups in total. The first kappa shape index (κ1) is 11.1. The molecule has 0 aliphatic heterocycles. The number of benzene rings is 1. The molecule has 7 heteroatoms. The first-order valence-electron chi connectivity index (χ1n) is 3.62. The molecular weight excluding hydrogens is 223 g/mol. The molecule has 76 valence electrons. The van der Waals surface area contributed by atoms with E-state index in [2.05, 4.69) is 17.2 Å². The minimum absolute atomic E-state index is 0.237. The van der Waals surface area contributed by atoms with Crippen LogP contribution in [0.1, 0.15) is 10.4 Å². The third kappa shape index (κ3) is 2.73. The molecule has 0 saturated heterocycles. The number of nitrogens with zero attached hydrogens (tertiary/aromatic N) is 2. The van der Waals surface area contributed by atoms with Crippen molar-refractivity contribution in [1.29, 1.82) is 0 Å². The Bertz CT molecular complexity index is 483. The molecule has 0 aliphatic carbocycles. The molecule has 0 unspecified atom stereocenters. The number of nitro benzene ring substituents is 1. The summed E-state index contributed by atoms with van der Waals surface area (Å²) in [5.74, 6) is -1.75. The van der Waals surface area contributed by atoms with Gasteiger partial charge in [0.1, 0.15) is 5.82 Å². The predicted molar refractivity (Wildman–Crippen MR) is 52.4 cm³/mol. The van der Waals surface area contributed by atoms with Gasteiger partial charge in [0.05, 0.1) is 21.7 Å². The van der Waals surface area contributed by atoms with Gasteiger partial charge in [0.25, 0.3) is 11.6 Å². The van der Waals surface area contributed by atoms with Gasteiger partial charge in [-0.25, -0.2) is 4.39 Å². The molecule has 0 aliphatic rings. The highest BCUT2D eigenvalue weighted by atomic mass is 32.1. The summed E-state index contributed by atoms with van der Waals surface area (Å²) in [6.07, 6.45) is 0. The number of carbonyl (C=O) groups excluding carboxylic acids is 1. The fourth-order valence-electron chi connectivity index (χ4n) is 0.909. The van der Waals surface area contributed by atoms with Gasteiger partial charge in [-0.05, 0) is 18.3 Å². The van der Waals surface area contributed by atoms with E-state index in [4.69, 9.17) is 0 Å². The van der Waals surface area contributed by atoms with E-state index in [-0.39, 0.29) is 5.56 Å². The summed E-state index contributed by atoms with van der Waals surface area (Å²) in [5.41, 5.74) is -0.753. The van der Waals surface area contributed by atoms with Gasteiger partial charge in [0, 0.05) is 6.07 Å². The maximum atomic E-state index is 12.8. The van der Waals surface area contributed by atoms with E-state index in [0.717, 1.165) is 12.1 Å². The van der Waals surface area contributed by atoms with Gasteiger partial charge >= 0.3 is 0 Å². The van der Waals surface area contributed by atoms with Crippen molar-refractivity contribution in [3.8, 4) is 0 Å². The monoisotopic (exact) mass is 226 g/mol. The molecule has 0 bridgehead atoms. The van der Waals surface area contributed by atoms with Gasteiger partial charge in [-0.15, -0.1) is 0 Å². The lowest BCUT2D eigenvalue weighted by molar-refractivity contribution is -0.385. The molecule has 0 heterocycles. The molecule has 1 rings (SSSR count). The Balaban J connectivity index is 3.25. The van der Waals surface area contributed by atoms with Gasteiger partial charge in [-0.1, -0.05) is 0 Å². The van der Waals surface area contributed by atoms with Crippen molar-refractivity contribution in [3.63, 3.8) is 0 Å². The lowest BCUT2D eigenvalue weighted by Crippen LogP contribution is -1.98. The summed E-state index contributed by atoms with van der Waals surface area (Å²) in [5, 5.41) is 12.1. The molecule has 1 aromatic carbocycles. The smallest absolute Gasteiger partial charge is 0.266 e. The normalized spacial score (nSPS) is 9.13. The molecule has 0 spiro atoms. The van der Waals surface area contributed by atoms with Crippen molar-refractivity contribution in [2.75, 3.05) is 0 Å². The third-order valence-electron chi connectivity index (χ3n) is 1.49. The molecule has 15 heavy (non-hydrogen) atoms. The van der Waals surface area contributed by atoms with Crippen LogP contribution in [-0.4, -0.2) is 16.0 Å². The van der Waals surface area contributed by atoms with Crippen LogP contribution >= 0.6 is 12.2 Å². The summed E-state index contributed by atoms with van der Waals surface area (Å²) in [4.78, 5) is 23.7. The Morgan fingerprint density at radius 3 is 2.73 bits per heavy atom. The molecule has 0 aromatic heterocycles. The quantitative estimate of drug-likeness (QED) is 0.334. The minimum Gasteiger partial charge on any atom is -0.266 e. The van der Waals surface area contributed by atoms with Gasteiger partial charge < -0.3 is 0 Å². The second-order valence-corrected chi connectivity index (χ2v) is 2.65. The predicted octanol–water partition coefficient (Wildman–Crippen LogP) is 1.98. The molecule has 1 aromatic rings. The van der Waals surface area contributed by atoms with Crippen molar-refractivity contribution in [3.05, 3.63) is 39.7 Å². The summed E-state index contributed by atoms with van der Waals surface area (Å²) >= 11 is 4.18. The third-order valence-corrected chi connectivity index (χ3v) is 1.58. The number of thiocarbonyl (C=S) groups is 1. The van der Waals surface area contributed by atoms with Crippen LogP contribution in [0.5, 0.6) is 0 Å². The molecule has 1 amide bonds. The zero-order chi connectivity index (χ0) is 11.4. The van der Waals surface area contributed by atoms with Gasteiger partial charge in [-0.2, -0.15) is 4.99 Å². The van der Waals surface area contributed by atoms with Gasteiger partial charge in [0.15, 0.2) is 0 Å². The number of hydrogen-bond donors (Lipinski definition) is 0. The second-order valence-electron chi connectivity index (χ2n) is 2.46. The minimum atomic E-state index is -0.882. The highest BCUT2D eigenvalue weighted by Gasteiger charge is 2.13. The number of carbonyl (C=O) groups is 1. The number of halogens is 1. The van der Waals surface area contributed by atoms with Gasteiger partial charge in [0.2, 0.25) is 0 Å². The standard InChI is InChI=1S/C8H3FN2O3S/c9-6-1-5(8(12)10-4-15)2-7(3-6)11(13)14/h1-3H. The van der Waals surface area contributed by atoms with E-state index in [1.807, 2.05) is 0 Å². The maximum Gasteiger partial charge on any atom is 0.286 e. The Labute approximate surface area is 88.4 Å². The number of aliphatic imine (C=N–C) groups is 1. The topological polar surface area (TPSA) is 72.6 Å². The molecule has 0 radical (unpaired) electrons. The molecule has 0 atom stereocenters. The Kier molecular flexibility index (Phi) is 3.33. The second kappa shape index (κ2) is 4.50. The van der Waals surface area contributed by atoms with Crippen LogP contribution in [0.15, 0.2) is 23.2 Å². The van der Waals surface area contributed by atoms with E-state index < -0.39 is 22.3 Å². The highest BCUT2D eigenvalue weighted by molar-refractivity contribution is 7.78. The first-order chi connectivity index (χ1) is 7.04. The summed E-state index contributed by atoms with van der Waals surface area (Å²) in [6.45, 7) is 0. The van der Waals surface area contributed by atoms with Crippen molar-refractivity contribution in [2.45, 2.75) is 0 Å². The number of isothiocyanates is 1. The van der Waals surface area contributed by atoms with E-state index in [0.29, 0.717) is 6.07 Å². The number of rotatable bonds is 2. The van der Waals surface area contributed by atoms with Crippen LogP contribution in [0.4, 0.5) is 10.1 Å². The van der Waals surface area contributed by atoms with Gasteiger partial charge in [-0.3, -0.25) is 14.9 Å². The molecule has 0 saturated carbocycles. The van der Waals surface area contributed by atoms with E-state index in [1.165, 1.54) is 0 Å². The van der Waals surface area contributed by atoms with Crippen molar-refractivity contribution in [1.82, 2.24) is 0 Å². The first-order valence-corrected chi connectivity index (χ1v) is 4.02. The lowest BCUT2D eigenvalue weighted by atomic mass is 10.2. The van der Waals surface area contributed by atoms with Crippen LogP contribution in [0.3, 0.4) is 0 Å². The zero-order valence-electron chi connectivity index (χ0n) is 7.14. The van der Waals surface area contributed by atoms with Crippen molar-refractivity contribution < 1.29 is 14.1 Å². The number of non-ortho nitro benzene ring substituents is 1. The van der Waals surface area contributed by atoms with Crippen LogP contribution < -0.4 is 0 Å². The summed E-state index contributed by atoms with van der Waals surface area (Å²) in [6, 6.07) is 2.46. The summed E-state index contributed by atoms with van der Waals surface area (Å²) < 4.78 is 12.8. The average Bonchev–Trinajstić information content (AvgIpc) is 2.17.